The van der Waals surface area contributed by atoms with Crippen LogP contribution in [0.25, 0.3) is 0 Å². The minimum Gasteiger partial charge on any atom is -0.381 e. The molecule has 1 aromatic rings. The first-order valence-electron chi connectivity index (χ1n) is 9.60. The molecule has 0 saturated carbocycles. The minimum absolute atomic E-state index is 0.269. The van der Waals surface area contributed by atoms with Crippen molar-refractivity contribution in [3.8, 4) is 0 Å². The first-order chi connectivity index (χ1) is 13.2. The van der Waals surface area contributed by atoms with Gasteiger partial charge < -0.3 is 9.64 Å². The van der Waals surface area contributed by atoms with E-state index >= 15 is 0 Å². The summed E-state index contributed by atoms with van der Waals surface area (Å²) >= 11 is 0. The molecule has 2 fully saturated rings. The number of hydrogen-bond acceptors (Lipinski definition) is 4. The van der Waals surface area contributed by atoms with Crippen molar-refractivity contribution in [1.82, 2.24) is 9.21 Å². The maximum atomic E-state index is 12.7. The van der Waals surface area contributed by atoms with Crippen molar-refractivity contribution in [2.24, 2.45) is 0 Å². The Bertz CT molecular complexity index is 737. The average molecular weight is 420 g/mol. The van der Waals surface area contributed by atoms with Crippen molar-refractivity contribution in [2.75, 3.05) is 33.3 Å². The van der Waals surface area contributed by atoms with Crippen molar-refractivity contribution in [3.05, 3.63) is 35.4 Å². The Labute approximate surface area is 164 Å². The zero-order valence-corrected chi connectivity index (χ0v) is 16.8. The third-order valence-electron chi connectivity index (χ3n) is 5.77. The molecule has 28 heavy (non-hydrogen) atoms. The van der Waals surface area contributed by atoms with Gasteiger partial charge in [-0.2, -0.15) is 13.2 Å². The molecule has 0 spiro atoms. The molecule has 2 heterocycles. The molecule has 3 rings (SSSR count). The Kier molecular flexibility index (Phi) is 6.69. The second-order valence-electron chi connectivity index (χ2n) is 7.55. The maximum absolute atomic E-state index is 12.7. The Morgan fingerprint density at radius 1 is 1.00 bits per heavy atom. The summed E-state index contributed by atoms with van der Waals surface area (Å²) in [5, 5.41) is 0. The van der Waals surface area contributed by atoms with Gasteiger partial charge in [-0.05, 0) is 43.4 Å². The number of halogens is 3. The summed E-state index contributed by atoms with van der Waals surface area (Å²) in [6.45, 7) is 2.86. The molecule has 2 aliphatic rings. The van der Waals surface area contributed by atoms with Gasteiger partial charge in [-0.1, -0.05) is 12.1 Å². The standard InChI is InChI=1S/C19H27F3N2O3S/c1-27-18-8-10-23(11-9-18)17-6-12-24(13-7-17)28(25,26)14-15-2-4-16(5-3-15)19(20,21)22/h2-5,17-18H,6-14H2,1H3. The second-order valence-corrected chi connectivity index (χ2v) is 9.52. The molecule has 2 saturated heterocycles. The SMILES string of the molecule is COC1CCN(C2CCN(S(=O)(=O)Cc3ccc(C(F)(F)F)cc3)CC2)CC1. The van der Waals surface area contributed by atoms with Gasteiger partial charge in [0.1, 0.15) is 0 Å². The van der Waals surface area contributed by atoms with Crippen LogP contribution in [-0.4, -0.2) is 63.1 Å². The molecular weight excluding hydrogens is 393 g/mol. The molecule has 0 atom stereocenters. The number of hydrogen-bond donors (Lipinski definition) is 0. The van der Waals surface area contributed by atoms with Gasteiger partial charge in [0, 0.05) is 39.3 Å². The van der Waals surface area contributed by atoms with Gasteiger partial charge in [-0.25, -0.2) is 12.7 Å². The highest BCUT2D eigenvalue weighted by atomic mass is 32.2. The van der Waals surface area contributed by atoms with Crippen LogP contribution in [0.4, 0.5) is 13.2 Å². The van der Waals surface area contributed by atoms with Crippen LogP contribution in [0.5, 0.6) is 0 Å². The van der Waals surface area contributed by atoms with Crippen molar-refractivity contribution in [2.45, 2.75) is 49.8 Å². The summed E-state index contributed by atoms with van der Waals surface area (Å²) in [5.41, 5.74) is -0.400. The first-order valence-corrected chi connectivity index (χ1v) is 11.2. The molecule has 0 amide bonds. The van der Waals surface area contributed by atoms with Gasteiger partial charge in [-0.3, -0.25) is 0 Å². The molecule has 0 aliphatic carbocycles. The first kappa shape index (κ1) is 21.5. The van der Waals surface area contributed by atoms with E-state index in [0.29, 0.717) is 30.8 Å². The van der Waals surface area contributed by atoms with E-state index in [4.69, 9.17) is 4.74 Å². The normalized spacial score (nSPS) is 21.9. The van der Waals surface area contributed by atoms with E-state index in [0.717, 1.165) is 50.9 Å². The molecule has 158 valence electrons. The quantitative estimate of drug-likeness (QED) is 0.735. The number of likely N-dealkylation sites (tertiary alicyclic amines) is 1. The Morgan fingerprint density at radius 2 is 1.57 bits per heavy atom. The molecule has 0 bridgehead atoms. The molecule has 0 aromatic heterocycles. The van der Waals surface area contributed by atoms with Crippen LogP contribution >= 0.6 is 0 Å². The van der Waals surface area contributed by atoms with E-state index in [1.54, 1.807) is 7.11 Å². The van der Waals surface area contributed by atoms with Crippen molar-refractivity contribution in [1.29, 1.82) is 0 Å². The number of benzene rings is 1. The fourth-order valence-corrected chi connectivity index (χ4v) is 5.62. The van der Waals surface area contributed by atoms with Crippen molar-refractivity contribution < 1.29 is 26.3 Å². The highest BCUT2D eigenvalue weighted by Gasteiger charge is 2.33. The molecule has 5 nitrogen and oxygen atoms in total. The van der Waals surface area contributed by atoms with Crippen LogP contribution in [0.1, 0.15) is 36.8 Å². The van der Waals surface area contributed by atoms with Gasteiger partial charge in [0.15, 0.2) is 0 Å². The van der Waals surface area contributed by atoms with Crippen LogP contribution < -0.4 is 0 Å². The van der Waals surface area contributed by atoms with Gasteiger partial charge in [0.25, 0.3) is 0 Å². The zero-order valence-electron chi connectivity index (χ0n) is 16.0. The predicted molar refractivity (Wildman–Crippen MR) is 100 cm³/mol. The predicted octanol–water partition coefficient (Wildman–Crippen LogP) is 3.11. The minimum atomic E-state index is -4.42. The number of methoxy groups -OCH3 is 1. The lowest BCUT2D eigenvalue weighted by atomic mass is 10.00. The highest BCUT2D eigenvalue weighted by Crippen LogP contribution is 2.30. The summed E-state index contributed by atoms with van der Waals surface area (Å²) in [4.78, 5) is 2.43. The fraction of sp³-hybridized carbons (Fsp3) is 0.684. The van der Waals surface area contributed by atoms with E-state index in [1.165, 1.54) is 16.4 Å². The van der Waals surface area contributed by atoms with Gasteiger partial charge in [0.2, 0.25) is 10.0 Å². The van der Waals surface area contributed by atoms with E-state index in [1.807, 2.05) is 0 Å². The number of sulfonamides is 1. The molecule has 9 heteroatoms. The lowest BCUT2D eigenvalue weighted by Gasteiger charge is -2.41. The maximum Gasteiger partial charge on any atom is 0.416 e. The summed E-state index contributed by atoms with van der Waals surface area (Å²) < 4.78 is 70.1. The van der Waals surface area contributed by atoms with E-state index < -0.39 is 21.8 Å². The monoisotopic (exact) mass is 420 g/mol. The fourth-order valence-electron chi connectivity index (χ4n) is 4.05. The summed E-state index contributed by atoms with van der Waals surface area (Å²) in [6, 6.07) is 4.73. The number of ether oxygens (including phenoxy) is 1. The third-order valence-corrected chi connectivity index (χ3v) is 7.62. The average Bonchev–Trinajstić information content (AvgIpc) is 2.67. The zero-order chi connectivity index (χ0) is 20.4. The Hall–Kier alpha value is -1.16. The van der Waals surface area contributed by atoms with E-state index in [2.05, 4.69) is 4.90 Å². The topological polar surface area (TPSA) is 49.9 Å². The van der Waals surface area contributed by atoms with E-state index in [9.17, 15) is 21.6 Å². The lowest BCUT2D eigenvalue weighted by Crippen LogP contribution is -2.49. The number of piperidine rings is 2. The molecule has 0 unspecified atom stereocenters. The van der Waals surface area contributed by atoms with Gasteiger partial charge in [-0.15, -0.1) is 0 Å². The molecule has 0 N–H and O–H groups in total. The Balaban J connectivity index is 1.53. The number of alkyl halides is 3. The van der Waals surface area contributed by atoms with E-state index in [-0.39, 0.29) is 5.75 Å². The smallest absolute Gasteiger partial charge is 0.381 e. The summed E-state index contributed by atoms with van der Waals surface area (Å²) in [6.07, 6.45) is -0.531. The van der Waals surface area contributed by atoms with Gasteiger partial charge in [0.05, 0.1) is 17.4 Å². The van der Waals surface area contributed by atoms with Crippen molar-refractivity contribution >= 4 is 10.0 Å². The number of rotatable bonds is 5. The van der Waals surface area contributed by atoms with Gasteiger partial charge >= 0.3 is 6.18 Å². The molecule has 1 aromatic carbocycles. The van der Waals surface area contributed by atoms with Crippen molar-refractivity contribution in [3.63, 3.8) is 0 Å². The highest BCUT2D eigenvalue weighted by molar-refractivity contribution is 7.88. The summed E-state index contributed by atoms with van der Waals surface area (Å²) in [7, 11) is -1.80. The molecular formula is C19H27F3N2O3S. The molecule has 0 radical (unpaired) electrons. The number of nitrogens with zero attached hydrogens (tertiary/aromatic N) is 2. The second kappa shape index (κ2) is 8.69. The van der Waals surface area contributed by atoms with Crippen LogP contribution in [0.2, 0.25) is 0 Å². The molecule has 2 aliphatic heterocycles. The largest absolute Gasteiger partial charge is 0.416 e. The van der Waals surface area contributed by atoms with Crippen LogP contribution in [-0.2, 0) is 26.7 Å². The van der Waals surface area contributed by atoms with Crippen LogP contribution in [0.15, 0.2) is 24.3 Å². The third kappa shape index (κ3) is 5.25. The van der Waals surface area contributed by atoms with Crippen LogP contribution in [0, 0.1) is 0 Å². The lowest BCUT2D eigenvalue weighted by molar-refractivity contribution is -0.137. The summed E-state index contributed by atoms with van der Waals surface area (Å²) in [5.74, 6) is -0.269. The van der Waals surface area contributed by atoms with Crippen LogP contribution in [0.3, 0.4) is 0 Å². The Morgan fingerprint density at radius 3 is 2.07 bits per heavy atom.